The third-order valence-corrected chi connectivity index (χ3v) is 9.46. The molecular weight excluding hydrogens is 456 g/mol. The first-order valence-electron chi connectivity index (χ1n) is 12.6. The molecule has 2 spiro atoms. The summed E-state index contributed by atoms with van der Waals surface area (Å²) < 4.78 is 6.17. The van der Waals surface area contributed by atoms with E-state index in [1.165, 1.54) is 55.0 Å². The summed E-state index contributed by atoms with van der Waals surface area (Å²) in [7, 11) is 0. The molecule has 7 rings (SSSR count). The van der Waals surface area contributed by atoms with Gasteiger partial charge < -0.3 is 20.7 Å². The first-order valence-corrected chi connectivity index (χ1v) is 13.4. The second-order valence-electron chi connectivity index (χ2n) is 10.7. The third-order valence-electron chi connectivity index (χ3n) is 8.41. The average Bonchev–Trinajstić information content (AvgIpc) is 3.22. The first kappa shape index (κ1) is 21.3. The highest BCUT2D eigenvalue weighted by molar-refractivity contribution is 7.99. The molecule has 1 aromatic carbocycles. The van der Waals surface area contributed by atoms with E-state index in [1.807, 2.05) is 18.5 Å². The van der Waals surface area contributed by atoms with Gasteiger partial charge >= 0.3 is 0 Å². The van der Waals surface area contributed by atoms with Crippen molar-refractivity contribution in [3.8, 4) is 5.75 Å². The van der Waals surface area contributed by atoms with E-state index in [-0.39, 0.29) is 5.54 Å². The number of hydrogen-bond acceptors (Lipinski definition) is 8. The fourth-order valence-corrected chi connectivity index (χ4v) is 7.01. The molecule has 0 atom stereocenters. The predicted molar refractivity (Wildman–Crippen MR) is 138 cm³/mol. The van der Waals surface area contributed by atoms with Gasteiger partial charge in [0, 0.05) is 19.3 Å². The summed E-state index contributed by atoms with van der Waals surface area (Å²) in [5.41, 5.74) is 9.95. The van der Waals surface area contributed by atoms with E-state index in [0.717, 1.165) is 48.2 Å². The van der Waals surface area contributed by atoms with Crippen molar-refractivity contribution in [2.24, 2.45) is 5.41 Å². The Hall–Kier alpha value is -3.00. The van der Waals surface area contributed by atoms with Crippen LogP contribution in [0.15, 0.2) is 52.6 Å². The Bertz CT molecular complexity index is 1260. The van der Waals surface area contributed by atoms with Gasteiger partial charge in [0.2, 0.25) is 0 Å². The average molecular weight is 487 g/mol. The molecule has 2 aliphatic heterocycles. The Morgan fingerprint density at radius 2 is 1.77 bits per heavy atom. The zero-order valence-electron chi connectivity index (χ0n) is 19.8. The lowest BCUT2D eigenvalue weighted by atomic mass is 9.76. The van der Waals surface area contributed by atoms with Crippen LogP contribution in [0.5, 0.6) is 5.75 Å². The molecule has 1 saturated heterocycles. The Labute approximate surface area is 209 Å². The molecule has 4 heterocycles. The summed E-state index contributed by atoms with van der Waals surface area (Å²) in [6.45, 7) is 2.67. The van der Waals surface area contributed by atoms with Crippen LogP contribution in [-0.4, -0.2) is 40.2 Å². The van der Waals surface area contributed by atoms with Crippen molar-refractivity contribution in [1.29, 1.82) is 0 Å². The summed E-state index contributed by atoms with van der Waals surface area (Å²) in [4.78, 5) is 17.3. The molecule has 4 aliphatic rings. The van der Waals surface area contributed by atoms with Gasteiger partial charge in [-0.05, 0) is 67.6 Å². The van der Waals surface area contributed by atoms with E-state index >= 15 is 0 Å². The zero-order valence-corrected chi connectivity index (χ0v) is 20.6. The lowest BCUT2D eigenvalue weighted by Crippen LogP contribution is -2.52. The number of benzene rings is 1. The second-order valence-corrected chi connectivity index (χ2v) is 11.7. The van der Waals surface area contributed by atoms with Crippen LogP contribution in [0, 0.1) is 5.41 Å². The summed E-state index contributed by atoms with van der Waals surface area (Å²) in [5, 5.41) is 4.31. The number of fused-ring (bicyclic) bond motifs is 2. The minimum absolute atomic E-state index is 0.0675. The van der Waals surface area contributed by atoms with E-state index in [4.69, 9.17) is 20.4 Å². The van der Waals surface area contributed by atoms with Crippen molar-refractivity contribution in [3.05, 3.63) is 53.9 Å². The van der Waals surface area contributed by atoms with Crippen LogP contribution in [-0.2, 0) is 12.8 Å². The Morgan fingerprint density at radius 1 is 1.00 bits per heavy atom. The minimum Gasteiger partial charge on any atom is -0.486 e. The highest BCUT2D eigenvalue weighted by atomic mass is 32.2. The quantitative estimate of drug-likeness (QED) is 0.550. The monoisotopic (exact) mass is 486 g/mol. The van der Waals surface area contributed by atoms with E-state index in [9.17, 15) is 0 Å². The Morgan fingerprint density at radius 3 is 2.46 bits per heavy atom. The Balaban J connectivity index is 1.04. The molecule has 0 bridgehead atoms. The summed E-state index contributed by atoms with van der Waals surface area (Å²) in [5.74, 6) is 2.95. The molecular formula is C27H30N6OS. The molecule has 180 valence electrons. The fourth-order valence-electron chi connectivity index (χ4n) is 6.16. The summed E-state index contributed by atoms with van der Waals surface area (Å²) in [6.07, 6.45) is 12.0. The van der Waals surface area contributed by atoms with Crippen molar-refractivity contribution in [2.75, 3.05) is 35.6 Å². The van der Waals surface area contributed by atoms with Gasteiger partial charge in [-0.25, -0.2) is 15.0 Å². The summed E-state index contributed by atoms with van der Waals surface area (Å²) >= 11 is 1.50. The van der Waals surface area contributed by atoms with Crippen molar-refractivity contribution >= 4 is 29.2 Å². The molecule has 0 amide bonds. The van der Waals surface area contributed by atoms with Crippen molar-refractivity contribution < 1.29 is 4.74 Å². The third kappa shape index (κ3) is 3.69. The molecule has 0 radical (unpaired) electrons. The molecule has 2 aliphatic carbocycles. The fraction of sp³-hybridized carbons (Fsp3) is 0.444. The number of ether oxygens (including phenoxy) is 1. The number of nitrogens with zero attached hydrogens (tertiary/aromatic N) is 4. The zero-order chi connectivity index (χ0) is 23.5. The highest BCUT2D eigenvalue weighted by Gasteiger charge is 2.42. The van der Waals surface area contributed by atoms with Crippen LogP contribution < -0.4 is 20.7 Å². The molecule has 8 heteroatoms. The maximum atomic E-state index is 6.41. The SMILES string of the molecule is Nc1nc(N2CCC3(CC2)Cc2ccccc2C3)cnc1Sc1ccnc2c1OCC1(CCC1)N2. The van der Waals surface area contributed by atoms with Gasteiger partial charge in [-0.15, -0.1) is 0 Å². The highest BCUT2D eigenvalue weighted by Crippen LogP contribution is 2.47. The number of hydrogen-bond donors (Lipinski definition) is 2. The first-order chi connectivity index (χ1) is 17.1. The lowest BCUT2D eigenvalue weighted by molar-refractivity contribution is 0.144. The standard InChI is InChI=1S/C27H30N6OS/c28-23-25(35-20-6-11-29-24-22(20)34-17-27(32-24)7-3-8-27)30-16-21(31-23)33-12-9-26(10-13-33)14-18-4-1-2-5-19(18)15-26/h1-2,4-6,11,16H,3,7-10,12-15,17H2,(H2,28,31)(H,29,32). The number of rotatable bonds is 3. The molecule has 0 unspecified atom stereocenters. The van der Waals surface area contributed by atoms with Gasteiger partial charge in [0.25, 0.3) is 0 Å². The second kappa shape index (κ2) is 8.01. The number of nitrogens with two attached hydrogens (primary N) is 1. The summed E-state index contributed by atoms with van der Waals surface area (Å²) in [6, 6.07) is 10.9. The van der Waals surface area contributed by atoms with Gasteiger partial charge in [0.1, 0.15) is 17.5 Å². The normalized spacial score (nSPS) is 21.1. The van der Waals surface area contributed by atoms with Gasteiger partial charge in [-0.3, -0.25) is 0 Å². The molecule has 1 saturated carbocycles. The molecule has 7 nitrogen and oxygen atoms in total. The number of pyridine rings is 1. The number of nitrogen functional groups attached to an aromatic ring is 1. The maximum Gasteiger partial charge on any atom is 0.175 e. The molecule has 2 aromatic heterocycles. The van der Waals surface area contributed by atoms with Gasteiger partial charge in [0.15, 0.2) is 17.4 Å². The van der Waals surface area contributed by atoms with Crippen LogP contribution in [0.4, 0.5) is 17.5 Å². The van der Waals surface area contributed by atoms with Crippen LogP contribution in [0.2, 0.25) is 0 Å². The predicted octanol–water partition coefficient (Wildman–Crippen LogP) is 4.72. The molecule has 2 fully saturated rings. The number of aromatic nitrogens is 3. The van der Waals surface area contributed by atoms with Crippen LogP contribution in [0.3, 0.4) is 0 Å². The number of piperidine rings is 1. The van der Waals surface area contributed by atoms with Crippen molar-refractivity contribution in [1.82, 2.24) is 15.0 Å². The van der Waals surface area contributed by atoms with Crippen molar-refractivity contribution in [2.45, 2.75) is 60.4 Å². The molecule has 3 N–H and O–H groups in total. The number of nitrogens with one attached hydrogen (secondary N) is 1. The lowest BCUT2D eigenvalue weighted by Gasteiger charge is -2.45. The number of anilines is 3. The van der Waals surface area contributed by atoms with Crippen LogP contribution >= 0.6 is 11.8 Å². The largest absolute Gasteiger partial charge is 0.486 e. The topological polar surface area (TPSA) is 89.2 Å². The Kier molecular flexibility index (Phi) is 4.88. The van der Waals surface area contributed by atoms with Gasteiger partial charge in [0.05, 0.1) is 16.6 Å². The van der Waals surface area contributed by atoms with Gasteiger partial charge in [-0.1, -0.05) is 36.0 Å². The van der Waals surface area contributed by atoms with E-state index in [2.05, 4.69) is 39.5 Å². The van der Waals surface area contributed by atoms with E-state index < -0.39 is 0 Å². The maximum absolute atomic E-state index is 6.41. The van der Waals surface area contributed by atoms with Crippen LogP contribution in [0.1, 0.15) is 43.2 Å². The van der Waals surface area contributed by atoms with Gasteiger partial charge in [-0.2, -0.15) is 0 Å². The smallest absolute Gasteiger partial charge is 0.175 e. The van der Waals surface area contributed by atoms with Crippen LogP contribution in [0.25, 0.3) is 0 Å². The van der Waals surface area contributed by atoms with E-state index in [1.54, 1.807) is 0 Å². The van der Waals surface area contributed by atoms with E-state index in [0.29, 0.717) is 22.9 Å². The minimum atomic E-state index is 0.0675. The molecule has 3 aromatic rings. The van der Waals surface area contributed by atoms with Crippen molar-refractivity contribution in [3.63, 3.8) is 0 Å². The molecule has 35 heavy (non-hydrogen) atoms.